The Morgan fingerprint density at radius 1 is 1.18 bits per heavy atom. The van der Waals surface area contributed by atoms with Crippen molar-refractivity contribution in [1.29, 1.82) is 0 Å². The Morgan fingerprint density at radius 3 is 2.36 bits per heavy atom. The number of hydrogen-bond acceptors (Lipinski definition) is 3. The minimum atomic E-state index is -4.39. The topological polar surface area (TPSA) is 60.8 Å². The molecule has 1 saturated heterocycles. The summed E-state index contributed by atoms with van der Waals surface area (Å²) in [5, 5.41) is 18.9. The second-order valence-electron chi connectivity index (χ2n) is 5.16. The molecule has 0 spiro atoms. The average Bonchev–Trinajstić information content (AvgIpc) is 2.47. The van der Waals surface area contributed by atoms with Crippen LogP contribution in [0.4, 0.5) is 13.2 Å². The summed E-state index contributed by atoms with van der Waals surface area (Å²) < 4.78 is 37.3. The normalized spacial score (nSPS) is 23.0. The number of carbonyl (C=O) groups is 1. The standard InChI is InChI=1S/C15H16F3NO3/c16-15(17,18)11-4-1-10(2-5-11)3-6-14(22)19-8-7-12(20)13(21)9-19/h1-6,12-13,20-21H,7-9H2/b6-3+/t12-,13-/m0/s1. The smallest absolute Gasteiger partial charge is 0.390 e. The van der Waals surface area contributed by atoms with Gasteiger partial charge in [-0.1, -0.05) is 12.1 Å². The van der Waals surface area contributed by atoms with Crippen molar-refractivity contribution < 1.29 is 28.2 Å². The molecule has 0 unspecified atom stereocenters. The number of nitrogens with zero attached hydrogens (tertiary/aromatic N) is 1. The number of carbonyl (C=O) groups excluding carboxylic acids is 1. The van der Waals surface area contributed by atoms with Crippen molar-refractivity contribution in [3.05, 3.63) is 41.5 Å². The number of rotatable bonds is 2. The Hall–Kier alpha value is -1.86. The van der Waals surface area contributed by atoms with Gasteiger partial charge < -0.3 is 15.1 Å². The molecule has 1 aliphatic heterocycles. The van der Waals surface area contributed by atoms with Gasteiger partial charge in [-0.3, -0.25) is 4.79 Å². The molecule has 1 aromatic carbocycles. The molecular weight excluding hydrogens is 299 g/mol. The number of alkyl halides is 3. The van der Waals surface area contributed by atoms with Crippen molar-refractivity contribution in [2.45, 2.75) is 24.8 Å². The fourth-order valence-corrected chi connectivity index (χ4v) is 2.18. The number of likely N-dealkylation sites (tertiary alicyclic amines) is 1. The summed E-state index contributed by atoms with van der Waals surface area (Å²) >= 11 is 0. The van der Waals surface area contributed by atoms with Crippen LogP contribution in [0.25, 0.3) is 6.08 Å². The summed E-state index contributed by atoms with van der Waals surface area (Å²) in [5.74, 6) is -0.356. The second kappa shape index (κ2) is 6.50. The molecule has 0 aliphatic carbocycles. The van der Waals surface area contributed by atoms with Gasteiger partial charge in [-0.05, 0) is 30.2 Å². The van der Waals surface area contributed by atoms with E-state index in [-0.39, 0.29) is 12.5 Å². The largest absolute Gasteiger partial charge is 0.416 e. The second-order valence-corrected chi connectivity index (χ2v) is 5.16. The molecule has 2 N–H and O–H groups in total. The van der Waals surface area contributed by atoms with Gasteiger partial charge in [-0.25, -0.2) is 0 Å². The van der Waals surface area contributed by atoms with Crippen LogP contribution in [0.3, 0.4) is 0 Å². The van der Waals surface area contributed by atoms with Crippen LogP contribution >= 0.6 is 0 Å². The first-order valence-electron chi connectivity index (χ1n) is 6.78. The molecule has 120 valence electrons. The Balaban J connectivity index is 1.98. The maximum Gasteiger partial charge on any atom is 0.416 e. The van der Waals surface area contributed by atoms with Crippen molar-refractivity contribution in [3.63, 3.8) is 0 Å². The average molecular weight is 315 g/mol. The molecule has 2 rings (SSSR count). The van der Waals surface area contributed by atoms with E-state index in [1.807, 2.05) is 0 Å². The summed E-state index contributed by atoms with van der Waals surface area (Å²) in [6.07, 6.45) is -3.24. The van der Waals surface area contributed by atoms with Crippen LogP contribution in [0.1, 0.15) is 17.5 Å². The number of β-amino-alcohol motifs (C(OH)–C–C–N with tert-alkyl or cyclic N) is 1. The molecule has 0 bridgehead atoms. The fourth-order valence-electron chi connectivity index (χ4n) is 2.18. The van der Waals surface area contributed by atoms with E-state index >= 15 is 0 Å². The molecular formula is C15H16F3NO3. The number of aliphatic hydroxyl groups is 2. The predicted molar refractivity (Wildman–Crippen MR) is 73.7 cm³/mol. The minimum Gasteiger partial charge on any atom is -0.390 e. The maximum atomic E-state index is 12.4. The van der Waals surface area contributed by atoms with Crippen LogP contribution in [-0.2, 0) is 11.0 Å². The number of aliphatic hydroxyl groups excluding tert-OH is 2. The lowest BCUT2D eigenvalue weighted by molar-refractivity contribution is -0.137. The highest BCUT2D eigenvalue weighted by Gasteiger charge is 2.30. The van der Waals surface area contributed by atoms with E-state index < -0.39 is 23.9 Å². The SMILES string of the molecule is O=C(/C=C/c1ccc(C(F)(F)F)cc1)N1CC[C@H](O)[C@@H](O)C1. The molecule has 0 radical (unpaired) electrons. The van der Waals surface area contributed by atoms with Gasteiger partial charge >= 0.3 is 6.18 Å². The lowest BCUT2D eigenvalue weighted by Crippen LogP contribution is -2.48. The van der Waals surface area contributed by atoms with Crippen molar-refractivity contribution in [3.8, 4) is 0 Å². The molecule has 0 aromatic heterocycles. The fraction of sp³-hybridized carbons (Fsp3) is 0.400. The van der Waals surface area contributed by atoms with E-state index in [9.17, 15) is 28.2 Å². The van der Waals surface area contributed by atoms with Gasteiger partial charge in [-0.15, -0.1) is 0 Å². The van der Waals surface area contributed by atoms with Gasteiger partial charge in [0.25, 0.3) is 0 Å². The van der Waals surface area contributed by atoms with Crippen molar-refractivity contribution in [2.75, 3.05) is 13.1 Å². The van der Waals surface area contributed by atoms with Gasteiger partial charge in [0.05, 0.1) is 17.8 Å². The number of halogens is 3. The van der Waals surface area contributed by atoms with E-state index in [0.717, 1.165) is 12.1 Å². The molecule has 1 amide bonds. The molecule has 1 heterocycles. The summed E-state index contributed by atoms with van der Waals surface area (Å²) in [6, 6.07) is 4.46. The van der Waals surface area contributed by atoms with Crippen LogP contribution in [-0.4, -0.2) is 46.3 Å². The first-order valence-corrected chi connectivity index (χ1v) is 6.78. The Kier molecular flexibility index (Phi) is 4.87. The number of hydrogen-bond donors (Lipinski definition) is 2. The molecule has 1 fully saturated rings. The molecule has 2 atom stereocenters. The highest BCUT2D eigenvalue weighted by Crippen LogP contribution is 2.29. The highest BCUT2D eigenvalue weighted by molar-refractivity contribution is 5.91. The predicted octanol–water partition coefficient (Wildman–Crippen LogP) is 1.67. The van der Waals surface area contributed by atoms with E-state index in [1.54, 1.807) is 0 Å². The number of benzene rings is 1. The minimum absolute atomic E-state index is 0.0390. The summed E-state index contributed by atoms with van der Waals surface area (Å²) in [6.45, 7) is 0.367. The van der Waals surface area contributed by atoms with E-state index in [0.29, 0.717) is 18.5 Å². The Bertz CT molecular complexity index is 554. The highest BCUT2D eigenvalue weighted by atomic mass is 19.4. The zero-order chi connectivity index (χ0) is 16.3. The van der Waals surface area contributed by atoms with Crippen LogP contribution in [0.15, 0.2) is 30.3 Å². The van der Waals surface area contributed by atoms with Crippen molar-refractivity contribution in [2.24, 2.45) is 0 Å². The maximum absolute atomic E-state index is 12.4. The molecule has 7 heteroatoms. The van der Waals surface area contributed by atoms with Crippen LogP contribution in [0.5, 0.6) is 0 Å². The first-order chi connectivity index (χ1) is 10.3. The van der Waals surface area contributed by atoms with E-state index in [1.165, 1.54) is 29.2 Å². The van der Waals surface area contributed by atoms with E-state index in [2.05, 4.69) is 0 Å². The van der Waals surface area contributed by atoms with Gasteiger partial charge in [0.15, 0.2) is 0 Å². The number of amides is 1. The monoisotopic (exact) mass is 315 g/mol. The third-order valence-corrected chi connectivity index (χ3v) is 3.51. The van der Waals surface area contributed by atoms with Crippen molar-refractivity contribution >= 4 is 12.0 Å². The first kappa shape index (κ1) is 16.5. The number of piperidine rings is 1. The van der Waals surface area contributed by atoms with Gasteiger partial charge in [0.2, 0.25) is 5.91 Å². The van der Waals surface area contributed by atoms with E-state index in [4.69, 9.17) is 0 Å². The van der Waals surface area contributed by atoms with Crippen LogP contribution in [0, 0.1) is 0 Å². The van der Waals surface area contributed by atoms with Gasteiger partial charge in [-0.2, -0.15) is 13.2 Å². The zero-order valence-corrected chi connectivity index (χ0v) is 11.6. The van der Waals surface area contributed by atoms with Gasteiger partial charge in [0.1, 0.15) is 0 Å². The third kappa shape index (κ3) is 4.08. The molecule has 1 aromatic rings. The quantitative estimate of drug-likeness (QED) is 0.816. The molecule has 1 aliphatic rings. The van der Waals surface area contributed by atoms with Gasteiger partial charge in [0, 0.05) is 19.2 Å². The third-order valence-electron chi connectivity index (χ3n) is 3.51. The molecule has 4 nitrogen and oxygen atoms in total. The summed E-state index contributed by atoms with van der Waals surface area (Å²) in [5.41, 5.74) is -0.275. The van der Waals surface area contributed by atoms with Crippen molar-refractivity contribution in [1.82, 2.24) is 4.90 Å². The molecule has 22 heavy (non-hydrogen) atoms. The molecule has 0 saturated carbocycles. The Labute approximate surface area is 125 Å². The lowest BCUT2D eigenvalue weighted by Gasteiger charge is -2.32. The lowest BCUT2D eigenvalue weighted by atomic mass is 10.0. The summed E-state index contributed by atoms with van der Waals surface area (Å²) in [4.78, 5) is 13.3. The Morgan fingerprint density at radius 2 is 1.82 bits per heavy atom. The summed E-state index contributed by atoms with van der Waals surface area (Å²) in [7, 11) is 0. The van der Waals surface area contributed by atoms with Crippen LogP contribution < -0.4 is 0 Å². The van der Waals surface area contributed by atoms with Crippen LogP contribution in [0.2, 0.25) is 0 Å². The zero-order valence-electron chi connectivity index (χ0n) is 11.6.